The molecule has 1 aliphatic rings. The van der Waals surface area contributed by atoms with Gasteiger partial charge in [0.2, 0.25) is 10.0 Å². The van der Waals surface area contributed by atoms with Crippen molar-refractivity contribution in [3.8, 4) is 5.75 Å². The molecule has 2 atom stereocenters. The highest BCUT2D eigenvalue weighted by molar-refractivity contribution is 7.99. The Morgan fingerprint density at radius 2 is 2.06 bits per heavy atom. The summed E-state index contributed by atoms with van der Waals surface area (Å²) >= 11 is 1.69. The fourth-order valence-electron chi connectivity index (χ4n) is 2.29. The molecule has 1 aromatic rings. The fraction of sp³-hybridized carbons (Fsp3) is 0.500. The monoisotopic (exact) mass is 287 g/mol. The molecule has 18 heavy (non-hydrogen) atoms. The zero-order valence-electron chi connectivity index (χ0n) is 10.2. The van der Waals surface area contributed by atoms with Gasteiger partial charge in [-0.15, -0.1) is 0 Å². The van der Waals surface area contributed by atoms with Crippen molar-refractivity contribution in [3.05, 3.63) is 24.3 Å². The minimum Gasteiger partial charge on any atom is -0.507 e. The Labute approximate surface area is 112 Å². The number of phenols is 1. The summed E-state index contributed by atoms with van der Waals surface area (Å²) in [4.78, 5) is -0.0447. The van der Waals surface area contributed by atoms with E-state index in [0.717, 1.165) is 19.3 Å². The second kappa shape index (κ2) is 5.50. The van der Waals surface area contributed by atoms with Gasteiger partial charge in [-0.25, -0.2) is 13.1 Å². The lowest BCUT2D eigenvalue weighted by atomic mass is 10.3. The fourth-order valence-corrected chi connectivity index (χ4v) is 4.72. The molecule has 0 spiro atoms. The van der Waals surface area contributed by atoms with Crippen LogP contribution in [0.25, 0.3) is 0 Å². The van der Waals surface area contributed by atoms with E-state index in [-0.39, 0.29) is 16.7 Å². The Morgan fingerprint density at radius 1 is 1.33 bits per heavy atom. The first kappa shape index (κ1) is 13.7. The topological polar surface area (TPSA) is 66.4 Å². The van der Waals surface area contributed by atoms with Crippen molar-refractivity contribution in [1.82, 2.24) is 4.72 Å². The third-order valence-electron chi connectivity index (χ3n) is 3.22. The van der Waals surface area contributed by atoms with Gasteiger partial charge in [0.25, 0.3) is 0 Å². The van der Waals surface area contributed by atoms with Crippen LogP contribution in [0.5, 0.6) is 5.75 Å². The Hall–Kier alpha value is -0.720. The van der Waals surface area contributed by atoms with Gasteiger partial charge in [-0.3, -0.25) is 0 Å². The molecule has 1 saturated carbocycles. The van der Waals surface area contributed by atoms with E-state index in [9.17, 15) is 13.5 Å². The van der Waals surface area contributed by atoms with E-state index in [1.807, 2.05) is 6.26 Å². The Morgan fingerprint density at radius 3 is 2.72 bits per heavy atom. The van der Waals surface area contributed by atoms with E-state index < -0.39 is 10.0 Å². The van der Waals surface area contributed by atoms with Gasteiger partial charge in [0, 0.05) is 11.3 Å². The van der Waals surface area contributed by atoms with Crippen molar-refractivity contribution in [2.45, 2.75) is 35.4 Å². The van der Waals surface area contributed by atoms with Crippen LogP contribution in [0.1, 0.15) is 19.3 Å². The van der Waals surface area contributed by atoms with Crippen molar-refractivity contribution < 1.29 is 13.5 Å². The number of sulfonamides is 1. The zero-order chi connectivity index (χ0) is 13.2. The van der Waals surface area contributed by atoms with Gasteiger partial charge < -0.3 is 5.11 Å². The first-order valence-corrected chi connectivity index (χ1v) is 8.65. The summed E-state index contributed by atoms with van der Waals surface area (Å²) in [6, 6.07) is 5.98. The Kier molecular flexibility index (Phi) is 4.19. The molecule has 0 bridgehead atoms. The normalized spacial score (nSPS) is 24.3. The van der Waals surface area contributed by atoms with Crippen molar-refractivity contribution in [1.29, 1.82) is 0 Å². The van der Waals surface area contributed by atoms with Crippen LogP contribution in [0.3, 0.4) is 0 Å². The summed E-state index contributed by atoms with van der Waals surface area (Å²) < 4.78 is 27.1. The molecule has 1 aromatic carbocycles. The molecule has 0 aromatic heterocycles. The summed E-state index contributed by atoms with van der Waals surface area (Å²) in [7, 11) is -3.63. The highest BCUT2D eigenvalue weighted by Gasteiger charge is 2.31. The quantitative estimate of drug-likeness (QED) is 0.888. The molecule has 6 heteroatoms. The van der Waals surface area contributed by atoms with E-state index in [1.165, 1.54) is 12.1 Å². The molecule has 2 N–H and O–H groups in total. The van der Waals surface area contributed by atoms with Gasteiger partial charge in [-0.2, -0.15) is 11.8 Å². The lowest BCUT2D eigenvalue weighted by Crippen LogP contribution is -2.38. The van der Waals surface area contributed by atoms with Crippen LogP contribution >= 0.6 is 11.8 Å². The van der Waals surface area contributed by atoms with Gasteiger partial charge >= 0.3 is 0 Å². The molecule has 100 valence electrons. The van der Waals surface area contributed by atoms with Crippen LogP contribution in [0.2, 0.25) is 0 Å². The smallest absolute Gasteiger partial charge is 0.244 e. The van der Waals surface area contributed by atoms with Crippen molar-refractivity contribution in [3.63, 3.8) is 0 Å². The maximum absolute atomic E-state index is 12.2. The van der Waals surface area contributed by atoms with Gasteiger partial charge in [-0.05, 0) is 31.2 Å². The summed E-state index contributed by atoms with van der Waals surface area (Å²) in [6.45, 7) is 0. The highest BCUT2D eigenvalue weighted by atomic mass is 32.2. The summed E-state index contributed by atoms with van der Waals surface area (Å²) in [5.41, 5.74) is 0. The third kappa shape index (κ3) is 2.81. The molecule has 0 radical (unpaired) electrons. The summed E-state index contributed by atoms with van der Waals surface area (Å²) in [5, 5.41) is 9.94. The highest BCUT2D eigenvalue weighted by Crippen LogP contribution is 2.30. The molecular formula is C12H17NO3S2. The number of hydrogen-bond donors (Lipinski definition) is 2. The largest absolute Gasteiger partial charge is 0.507 e. The SMILES string of the molecule is CSC1CCCC1NS(=O)(=O)c1ccccc1O. The molecule has 4 nitrogen and oxygen atoms in total. The maximum atomic E-state index is 12.2. The lowest BCUT2D eigenvalue weighted by molar-refractivity contribution is 0.457. The predicted octanol–water partition coefficient (Wildman–Crippen LogP) is 1.95. The molecule has 0 saturated heterocycles. The number of benzene rings is 1. The molecular weight excluding hydrogens is 270 g/mol. The number of para-hydroxylation sites is 1. The minimum absolute atomic E-state index is 0.0374. The second-order valence-corrected chi connectivity index (χ2v) is 7.16. The van der Waals surface area contributed by atoms with Crippen LogP contribution in [0.15, 0.2) is 29.2 Å². The second-order valence-electron chi connectivity index (χ2n) is 4.40. The van der Waals surface area contributed by atoms with Crippen molar-refractivity contribution in [2.75, 3.05) is 6.26 Å². The van der Waals surface area contributed by atoms with Gasteiger partial charge in [0.15, 0.2) is 0 Å². The van der Waals surface area contributed by atoms with Crippen molar-refractivity contribution >= 4 is 21.8 Å². The standard InChI is InChI=1S/C12H17NO3S2/c1-17-11-7-4-5-9(11)13-18(15,16)12-8-3-2-6-10(12)14/h2-3,6,8-9,11,13-14H,4-5,7H2,1H3. The summed E-state index contributed by atoms with van der Waals surface area (Å²) in [5.74, 6) is -0.205. The number of phenolic OH excluding ortho intramolecular Hbond substituents is 1. The lowest BCUT2D eigenvalue weighted by Gasteiger charge is -2.19. The van der Waals surface area contributed by atoms with Crippen LogP contribution < -0.4 is 4.72 Å². The number of rotatable bonds is 4. The van der Waals surface area contributed by atoms with Crippen LogP contribution in [-0.4, -0.2) is 31.1 Å². The molecule has 0 heterocycles. The van der Waals surface area contributed by atoms with Crippen LogP contribution in [0, 0.1) is 0 Å². The maximum Gasteiger partial charge on any atom is 0.244 e. The summed E-state index contributed by atoms with van der Waals surface area (Å²) in [6.07, 6.45) is 4.93. The minimum atomic E-state index is -3.63. The Balaban J connectivity index is 2.20. The van der Waals surface area contributed by atoms with E-state index >= 15 is 0 Å². The van der Waals surface area contributed by atoms with E-state index in [0.29, 0.717) is 5.25 Å². The third-order valence-corrected chi connectivity index (χ3v) is 5.92. The van der Waals surface area contributed by atoms with E-state index in [2.05, 4.69) is 4.72 Å². The predicted molar refractivity (Wildman–Crippen MR) is 73.4 cm³/mol. The molecule has 0 aliphatic heterocycles. The first-order chi connectivity index (χ1) is 8.54. The molecule has 1 aliphatic carbocycles. The number of aromatic hydroxyl groups is 1. The molecule has 2 rings (SSSR count). The zero-order valence-corrected chi connectivity index (χ0v) is 11.8. The number of thioether (sulfide) groups is 1. The van der Waals surface area contributed by atoms with Crippen LogP contribution in [0.4, 0.5) is 0 Å². The number of hydrogen-bond acceptors (Lipinski definition) is 4. The molecule has 2 unspecified atom stereocenters. The van der Waals surface area contributed by atoms with Crippen LogP contribution in [-0.2, 0) is 10.0 Å². The van der Waals surface area contributed by atoms with Crippen molar-refractivity contribution in [2.24, 2.45) is 0 Å². The van der Waals surface area contributed by atoms with Gasteiger partial charge in [0.05, 0.1) is 0 Å². The average molecular weight is 287 g/mol. The van der Waals surface area contributed by atoms with E-state index in [1.54, 1.807) is 23.9 Å². The Bertz CT molecular complexity index is 516. The number of nitrogens with one attached hydrogen (secondary N) is 1. The molecule has 0 amide bonds. The first-order valence-electron chi connectivity index (χ1n) is 5.87. The average Bonchev–Trinajstić information content (AvgIpc) is 2.76. The molecule has 1 fully saturated rings. The van der Waals surface area contributed by atoms with Gasteiger partial charge in [-0.1, -0.05) is 18.6 Å². The van der Waals surface area contributed by atoms with E-state index in [4.69, 9.17) is 0 Å². The van der Waals surface area contributed by atoms with Gasteiger partial charge in [0.1, 0.15) is 10.6 Å².